The lowest BCUT2D eigenvalue weighted by Crippen LogP contribution is -2.10. The Kier molecular flexibility index (Phi) is 6.36. The summed E-state index contributed by atoms with van der Waals surface area (Å²) < 4.78 is 0. The quantitative estimate of drug-likeness (QED) is 0.376. The zero-order chi connectivity index (χ0) is 16.6. The predicted molar refractivity (Wildman–Crippen MR) is 101 cm³/mol. The lowest BCUT2D eigenvalue weighted by molar-refractivity contribution is 0.313. The van der Waals surface area contributed by atoms with Crippen molar-refractivity contribution in [3.05, 3.63) is 60.2 Å². The van der Waals surface area contributed by atoms with Gasteiger partial charge in [0.05, 0.1) is 5.71 Å². The molecule has 2 nitrogen and oxygen atoms in total. The lowest BCUT2D eigenvalue weighted by atomic mass is 9.85. The van der Waals surface area contributed by atoms with Crippen LogP contribution in [-0.2, 0) is 0 Å². The summed E-state index contributed by atoms with van der Waals surface area (Å²) in [5.74, 6) is 0.809. The maximum atomic E-state index is 9.40. The Hall–Kier alpha value is -1.74. The van der Waals surface area contributed by atoms with Crippen LogP contribution in [0.4, 0.5) is 0 Å². The molecule has 1 aliphatic rings. The predicted octanol–water partition coefficient (Wildman–Crippen LogP) is 6.38. The molecule has 0 saturated heterocycles. The van der Waals surface area contributed by atoms with Gasteiger partial charge < -0.3 is 5.21 Å². The number of benzene rings is 2. The van der Waals surface area contributed by atoms with Crippen molar-refractivity contribution in [3.8, 4) is 0 Å². The maximum absolute atomic E-state index is 9.40. The van der Waals surface area contributed by atoms with E-state index in [4.69, 9.17) is 0 Å². The number of hydrogen-bond acceptors (Lipinski definition) is 3. The van der Waals surface area contributed by atoms with E-state index in [0.717, 1.165) is 30.0 Å². The normalized spacial score (nSPS) is 16.2. The van der Waals surface area contributed by atoms with Crippen LogP contribution in [0, 0.1) is 5.92 Å². The zero-order valence-corrected chi connectivity index (χ0v) is 14.8. The Morgan fingerprint density at radius 1 is 0.917 bits per heavy atom. The molecule has 24 heavy (non-hydrogen) atoms. The van der Waals surface area contributed by atoms with E-state index in [0.29, 0.717) is 0 Å². The Morgan fingerprint density at radius 2 is 1.58 bits per heavy atom. The van der Waals surface area contributed by atoms with Crippen LogP contribution >= 0.6 is 11.8 Å². The van der Waals surface area contributed by atoms with Crippen LogP contribution < -0.4 is 0 Å². The molecule has 1 N–H and O–H groups in total. The summed E-state index contributed by atoms with van der Waals surface area (Å²) in [4.78, 5) is 2.44. The van der Waals surface area contributed by atoms with Crippen molar-refractivity contribution in [2.24, 2.45) is 11.1 Å². The minimum absolute atomic E-state index is 0.809. The molecule has 0 bridgehead atoms. The first-order valence-electron chi connectivity index (χ1n) is 8.89. The average Bonchev–Trinajstić information content (AvgIpc) is 2.65. The molecule has 1 aliphatic carbocycles. The summed E-state index contributed by atoms with van der Waals surface area (Å²) in [6.07, 6.45) is 8.80. The Bertz CT molecular complexity index is 645. The third-order valence-electron chi connectivity index (χ3n) is 4.80. The number of oxime groups is 1. The molecule has 0 aliphatic heterocycles. The molecule has 0 radical (unpaired) electrons. The molecule has 1 saturated carbocycles. The summed E-state index contributed by atoms with van der Waals surface area (Å²) in [6.45, 7) is 0. The standard InChI is InChI=1S/C21H25NOS/c23-22-21(16-11-17-7-3-1-4-8-17)18-12-14-20(15-13-18)24-19-9-5-2-6-10-19/h2,5-6,9-10,12-15,17,23H,1,3-4,7-8,11,16H2. The van der Waals surface area contributed by atoms with Gasteiger partial charge in [-0.2, -0.15) is 0 Å². The van der Waals surface area contributed by atoms with Crippen LogP contribution in [-0.4, -0.2) is 10.9 Å². The van der Waals surface area contributed by atoms with Crippen molar-refractivity contribution in [2.45, 2.75) is 54.7 Å². The van der Waals surface area contributed by atoms with Crippen LogP contribution in [0.2, 0.25) is 0 Å². The largest absolute Gasteiger partial charge is 0.411 e. The molecule has 0 unspecified atom stereocenters. The highest BCUT2D eigenvalue weighted by molar-refractivity contribution is 7.99. The Balaban J connectivity index is 1.58. The molecule has 0 aromatic heterocycles. The van der Waals surface area contributed by atoms with Gasteiger partial charge in [0, 0.05) is 9.79 Å². The van der Waals surface area contributed by atoms with Crippen LogP contribution in [0.3, 0.4) is 0 Å². The lowest BCUT2D eigenvalue weighted by Gasteiger charge is -2.21. The van der Waals surface area contributed by atoms with E-state index in [1.807, 2.05) is 6.07 Å². The monoisotopic (exact) mass is 339 g/mol. The molecule has 3 heteroatoms. The molecular formula is C21H25NOS. The fourth-order valence-corrected chi connectivity index (χ4v) is 4.25. The van der Waals surface area contributed by atoms with Gasteiger partial charge in [-0.1, -0.05) is 79.4 Å². The third kappa shape index (κ3) is 4.88. The fourth-order valence-electron chi connectivity index (χ4n) is 3.41. The average molecular weight is 340 g/mol. The van der Waals surface area contributed by atoms with Gasteiger partial charge in [0.2, 0.25) is 0 Å². The fraction of sp³-hybridized carbons (Fsp3) is 0.381. The number of nitrogens with zero attached hydrogens (tertiary/aromatic N) is 1. The van der Waals surface area contributed by atoms with Gasteiger partial charge in [0.25, 0.3) is 0 Å². The topological polar surface area (TPSA) is 32.6 Å². The van der Waals surface area contributed by atoms with E-state index in [1.54, 1.807) is 11.8 Å². The molecule has 2 aromatic carbocycles. The second-order valence-electron chi connectivity index (χ2n) is 6.53. The van der Waals surface area contributed by atoms with E-state index in [1.165, 1.54) is 41.9 Å². The molecule has 0 spiro atoms. The van der Waals surface area contributed by atoms with Gasteiger partial charge in [0.15, 0.2) is 0 Å². The highest BCUT2D eigenvalue weighted by Gasteiger charge is 2.15. The third-order valence-corrected chi connectivity index (χ3v) is 5.82. The number of hydrogen-bond donors (Lipinski definition) is 1. The van der Waals surface area contributed by atoms with Crippen molar-refractivity contribution in [2.75, 3.05) is 0 Å². The summed E-state index contributed by atoms with van der Waals surface area (Å²) in [5.41, 5.74) is 1.85. The minimum atomic E-state index is 0.809. The van der Waals surface area contributed by atoms with Crippen LogP contribution in [0.5, 0.6) is 0 Å². The summed E-state index contributed by atoms with van der Waals surface area (Å²) in [6, 6.07) is 18.7. The van der Waals surface area contributed by atoms with Crippen LogP contribution in [0.25, 0.3) is 0 Å². The van der Waals surface area contributed by atoms with E-state index in [9.17, 15) is 5.21 Å². The van der Waals surface area contributed by atoms with Crippen molar-refractivity contribution < 1.29 is 5.21 Å². The second-order valence-corrected chi connectivity index (χ2v) is 7.68. The Labute approximate surface area is 149 Å². The first kappa shape index (κ1) is 17.1. The summed E-state index contributed by atoms with van der Waals surface area (Å²) in [5, 5.41) is 13.0. The van der Waals surface area contributed by atoms with Crippen molar-refractivity contribution >= 4 is 17.5 Å². The summed E-state index contributed by atoms with van der Waals surface area (Å²) in [7, 11) is 0. The SMILES string of the molecule is ON=C(CCC1CCCCC1)c1ccc(Sc2ccccc2)cc1. The first-order valence-corrected chi connectivity index (χ1v) is 9.71. The van der Waals surface area contributed by atoms with Crippen molar-refractivity contribution in [1.82, 2.24) is 0 Å². The Morgan fingerprint density at radius 3 is 2.25 bits per heavy atom. The van der Waals surface area contributed by atoms with Gasteiger partial charge in [-0.05, 0) is 48.6 Å². The maximum Gasteiger partial charge on any atom is 0.0867 e. The minimum Gasteiger partial charge on any atom is -0.411 e. The van der Waals surface area contributed by atoms with E-state index < -0.39 is 0 Å². The smallest absolute Gasteiger partial charge is 0.0867 e. The second kappa shape index (κ2) is 8.93. The van der Waals surface area contributed by atoms with Crippen molar-refractivity contribution in [1.29, 1.82) is 0 Å². The molecular weight excluding hydrogens is 314 g/mol. The molecule has 1 fully saturated rings. The molecule has 0 amide bonds. The molecule has 0 atom stereocenters. The van der Waals surface area contributed by atoms with Gasteiger partial charge in [-0.15, -0.1) is 0 Å². The van der Waals surface area contributed by atoms with Gasteiger partial charge >= 0.3 is 0 Å². The van der Waals surface area contributed by atoms with E-state index >= 15 is 0 Å². The van der Waals surface area contributed by atoms with Gasteiger partial charge in [0.1, 0.15) is 0 Å². The highest BCUT2D eigenvalue weighted by atomic mass is 32.2. The van der Waals surface area contributed by atoms with Crippen LogP contribution in [0.15, 0.2) is 69.5 Å². The van der Waals surface area contributed by atoms with E-state index in [-0.39, 0.29) is 0 Å². The van der Waals surface area contributed by atoms with Crippen LogP contribution in [0.1, 0.15) is 50.5 Å². The molecule has 2 aromatic rings. The van der Waals surface area contributed by atoms with Crippen molar-refractivity contribution in [3.63, 3.8) is 0 Å². The first-order chi connectivity index (χ1) is 11.8. The zero-order valence-electron chi connectivity index (χ0n) is 14.0. The molecule has 0 heterocycles. The highest BCUT2D eigenvalue weighted by Crippen LogP contribution is 2.29. The number of rotatable bonds is 6. The van der Waals surface area contributed by atoms with E-state index in [2.05, 4.69) is 53.7 Å². The van der Waals surface area contributed by atoms with Gasteiger partial charge in [-0.25, -0.2) is 0 Å². The summed E-state index contributed by atoms with van der Waals surface area (Å²) >= 11 is 1.75. The molecule has 3 rings (SSSR count). The van der Waals surface area contributed by atoms with Gasteiger partial charge in [-0.3, -0.25) is 0 Å². The molecule has 126 valence electrons.